The number of ether oxygens (including phenoxy) is 1. The third-order valence-electron chi connectivity index (χ3n) is 2.73. The highest BCUT2D eigenvalue weighted by Crippen LogP contribution is 2.26. The normalized spacial score (nSPS) is 10.5. The number of esters is 1. The van der Waals surface area contributed by atoms with Crippen LogP contribution in [-0.4, -0.2) is 23.5 Å². The van der Waals surface area contributed by atoms with Crippen molar-refractivity contribution in [3.05, 3.63) is 44.9 Å². The second kappa shape index (κ2) is 7.01. The number of carbonyl (C=O) groups is 2. The first kappa shape index (κ1) is 17.3. The van der Waals surface area contributed by atoms with E-state index in [1.54, 1.807) is 13.8 Å². The first-order valence-corrected chi connectivity index (χ1v) is 7.63. The number of aryl methyl sites for hydroxylation is 1. The maximum atomic E-state index is 13.2. The Kier molecular flexibility index (Phi) is 5.27. The van der Waals surface area contributed by atoms with Crippen molar-refractivity contribution >= 4 is 39.9 Å². The lowest BCUT2D eigenvalue weighted by Gasteiger charge is -2.04. The average molecular weight is 361 g/mol. The lowest BCUT2D eigenvalue weighted by Crippen LogP contribution is -2.13. The number of hydrogen-bond acceptors (Lipinski definition) is 5. The molecule has 1 amide bonds. The van der Waals surface area contributed by atoms with E-state index < -0.39 is 23.5 Å². The highest BCUT2D eigenvalue weighted by molar-refractivity contribution is 7.17. The summed E-state index contributed by atoms with van der Waals surface area (Å²) in [6.45, 7) is 3.47. The van der Waals surface area contributed by atoms with Crippen LogP contribution in [0.15, 0.2) is 12.1 Å². The summed E-state index contributed by atoms with van der Waals surface area (Å²) < 4.78 is 31.1. The first-order chi connectivity index (χ1) is 10.8. The lowest BCUT2D eigenvalue weighted by atomic mass is 10.2. The van der Waals surface area contributed by atoms with Crippen molar-refractivity contribution in [3.8, 4) is 0 Å². The number of benzene rings is 1. The molecule has 0 saturated carbocycles. The minimum Gasteiger partial charge on any atom is -0.462 e. The molecule has 0 fully saturated rings. The summed E-state index contributed by atoms with van der Waals surface area (Å²) in [4.78, 5) is 28.0. The number of anilines is 1. The summed E-state index contributed by atoms with van der Waals surface area (Å²) >= 11 is 6.65. The standard InChI is InChI=1S/C14H11ClF2N2O3S/c1-3-22-13(21)11-6(2)18-14(23-11)19-12(20)7-4-9(16)10(17)5-8(7)15/h4-5H,3H2,1-2H3,(H,18,19,20). The summed E-state index contributed by atoms with van der Waals surface area (Å²) in [5.41, 5.74) is 0.149. The molecule has 23 heavy (non-hydrogen) atoms. The summed E-state index contributed by atoms with van der Waals surface area (Å²) in [5.74, 6) is -3.66. The molecule has 0 aliphatic rings. The van der Waals surface area contributed by atoms with Crippen LogP contribution in [-0.2, 0) is 4.74 Å². The molecule has 2 rings (SSSR count). The van der Waals surface area contributed by atoms with Gasteiger partial charge in [0.2, 0.25) is 0 Å². The smallest absolute Gasteiger partial charge is 0.350 e. The van der Waals surface area contributed by atoms with Gasteiger partial charge in [0.05, 0.1) is 22.9 Å². The number of amides is 1. The van der Waals surface area contributed by atoms with Crippen LogP contribution >= 0.6 is 22.9 Å². The van der Waals surface area contributed by atoms with E-state index in [4.69, 9.17) is 16.3 Å². The maximum Gasteiger partial charge on any atom is 0.350 e. The zero-order valence-corrected chi connectivity index (χ0v) is 13.6. The fourth-order valence-corrected chi connectivity index (χ4v) is 2.79. The third-order valence-corrected chi connectivity index (χ3v) is 4.10. The van der Waals surface area contributed by atoms with E-state index in [0.717, 1.165) is 11.3 Å². The molecule has 0 atom stereocenters. The molecule has 1 aromatic heterocycles. The van der Waals surface area contributed by atoms with Crippen molar-refractivity contribution in [3.63, 3.8) is 0 Å². The number of hydrogen-bond donors (Lipinski definition) is 1. The van der Waals surface area contributed by atoms with Crippen LogP contribution in [0.25, 0.3) is 0 Å². The van der Waals surface area contributed by atoms with Crippen LogP contribution in [0.3, 0.4) is 0 Å². The number of halogens is 3. The second-order valence-corrected chi connectivity index (χ2v) is 5.76. The van der Waals surface area contributed by atoms with Gasteiger partial charge in [-0.1, -0.05) is 22.9 Å². The molecule has 5 nitrogen and oxygen atoms in total. The van der Waals surface area contributed by atoms with E-state index in [1.165, 1.54) is 0 Å². The Morgan fingerprint density at radius 3 is 2.65 bits per heavy atom. The molecular formula is C14H11ClF2N2O3S. The van der Waals surface area contributed by atoms with Gasteiger partial charge in [-0.3, -0.25) is 10.1 Å². The highest BCUT2D eigenvalue weighted by atomic mass is 35.5. The molecule has 9 heteroatoms. The molecule has 1 heterocycles. The van der Waals surface area contributed by atoms with Gasteiger partial charge in [0.25, 0.3) is 5.91 Å². The Hall–Kier alpha value is -2.06. The largest absolute Gasteiger partial charge is 0.462 e. The minimum absolute atomic E-state index is 0.122. The Labute approximate surface area is 139 Å². The van der Waals surface area contributed by atoms with Crippen LogP contribution in [0.2, 0.25) is 5.02 Å². The average Bonchev–Trinajstić information content (AvgIpc) is 2.83. The molecule has 1 aromatic carbocycles. The minimum atomic E-state index is -1.19. The van der Waals surface area contributed by atoms with Crippen LogP contribution in [0.1, 0.15) is 32.6 Å². The number of nitrogens with one attached hydrogen (secondary N) is 1. The lowest BCUT2D eigenvalue weighted by molar-refractivity contribution is 0.0531. The Morgan fingerprint density at radius 1 is 1.35 bits per heavy atom. The van der Waals surface area contributed by atoms with Crippen molar-refractivity contribution < 1.29 is 23.1 Å². The molecule has 0 aliphatic carbocycles. The number of nitrogens with zero attached hydrogens (tertiary/aromatic N) is 1. The summed E-state index contributed by atoms with van der Waals surface area (Å²) in [5, 5.41) is 2.28. The fraction of sp³-hybridized carbons (Fsp3) is 0.214. The quantitative estimate of drug-likeness (QED) is 0.665. The van der Waals surface area contributed by atoms with Gasteiger partial charge in [-0.05, 0) is 26.0 Å². The molecular weight excluding hydrogens is 350 g/mol. The number of aromatic nitrogens is 1. The molecule has 0 saturated heterocycles. The van der Waals surface area contributed by atoms with Gasteiger partial charge in [0.15, 0.2) is 16.8 Å². The SMILES string of the molecule is CCOC(=O)c1sc(NC(=O)c2cc(F)c(F)cc2Cl)nc1C. The predicted octanol–water partition coefficient (Wildman–Crippen LogP) is 3.81. The number of rotatable bonds is 4. The van der Waals surface area contributed by atoms with Gasteiger partial charge in [-0.25, -0.2) is 18.6 Å². The third kappa shape index (κ3) is 3.83. The van der Waals surface area contributed by atoms with Crippen molar-refractivity contribution in [1.29, 1.82) is 0 Å². The monoisotopic (exact) mass is 360 g/mol. The molecule has 1 N–H and O–H groups in total. The molecule has 0 bridgehead atoms. The highest BCUT2D eigenvalue weighted by Gasteiger charge is 2.20. The van der Waals surface area contributed by atoms with Gasteiger partial charge < -0.3 is 4.74 Å². The van der Waals surface area contributed by atoms with Gasteiger partial charge in [-0.2, -0.15) is 0 Å². The summed E-state index contributed by atoms with van der Waals surface area (Å²) in [6.07, 6.45) is 0. The summed E-state index contributed by atoms with van der Waals surface area (Å²) in [7, 11) is 0. The van der Waals surface area contributed by atoms with Gasteiger partial charge in [0.1, 0.15) is 4.88 Å². The molecule has 2 aromatic rings. The summed E-state index contributed by atoms with van der Waals surface area (Å²) in [6, 6.07) is 1.41. The van der Waals surface area contributed by atoms with E-state index >= 15 is 0 Å². The van der Waals surface area contributed by atoms with Crippen molar-refractivity contribution in [2.75, 3.05) is 11.9 Å². The van der Waals surface area contributed by atoms with Crippen LogP contribution in [0, 0.1) is 18.6 Å². The number of thiazole rings is 1. The predicted molar refractivity (Wildman–Crippen MR) is 82.1 cm³/mol. The van der Waals surface area contributed by atoms with Crippen molar-refractivity contribution in [2.45, 2.75) is 13.8 Å². The first-order valence-electron chi connectivity index (χ1n) is 6.44. The van der Waals surface area contributed by atoms with Crippen LogP contribution in [0.5, 0.6) is 0 Å². The van der Waals surface area contributed by atoms with E-state index in [0.29, 0.717) is 17.8 Å². The van der Waals surface area contributed by atoms with Gasteiger partial charge >= 0.3 is 5.97 Å². The topological polar surface area (TPSA) is 68.3 Å². The van der Waals surface area contributed by atoms with E-state index in [-0.39, 0.29) is 27.2 Å². The maximum absolute atomic E-state index is 13.2. The van der Waals surface area contributed by atoms with E-state index in [2.05, 4.69) is 10.3 Å². The molecule has 0 aliphatic heterocycles. The van der Waals surface area contributed by atoms with Crippen molar-refractivity contribution in [2.24, 2.45) is 0 Å². The van der Waals surface area contributed by atoms with E-state index in [9.17, 15) is 18.4 Å². The van der Waals surface area contributed by atoms with Gasteiger partial charge in [-0.15, -0.1) is 0 Å². The molecule has 0 unspecified atom stereocenters. The van der Waals surface area contributed by atoms with E-state index in [1.807, 2.05) is 0 Å². The second-order valence-electron chi connectivity index (χ2n) is 4.35. The fourth-order valence-electron chi connectivity index (χ4n) is 1.70. The van der Waals surface area contributed by atoms with Crippen LogP contribution in [0.4, 0.5) is 13.9 Å². The molecule has 122 valence electrons. The Morgan fingerprint density at radius 2 is 2.00 bits per heavy atom. The number of carbonyl (C=O) groups excluding carboxylic acids is 2. The van der Waals surface area contributed by atoms with Crippen LogP contribution < -0.4 is 5.32 Å². The zero-order chi connectivity index (χ0) is 17.1. The molecule has 0 spiro atoms. The Balaban J connectivity index is 2.23. The van der Waals surface area contributed by atoms with Gasteiger partial charge in [0, 0.05) is 0 Å². The zero-order valence-electron chi connectivity index (χ0n) is 12.1. The Bertz CT molecular complexity index is 780. The molecule has 0 radical (unpaired) electrons. The van der Waals surface area contributed by atoms with Crippen molar-refractivity contribution in [1.82, 2.24) is 4.98 Å².